The maximum atomic E-state index is 11.9. The summed E-state index contributed by atoms with van der Waals surface area (Å²) >= 11 is 0. The summed E-state index contributed by atoms with van der Waals surface area (Å²) in [5.74, 6) is -0.473. The second-order valence-corrected chi connectivity index (χ2v) is 5.03. The van der Waals surface area contributed by atoms with Crippen molar-refractivity contribution >= 4 is 5.91 Å². The fourth-order valence-electron chi connectivity index (χ4n) is 2.72. The van der Waals surface area contributed by atoms with Crippen LogP contribution in [-0.4, -0.2) is 17.0 Å². The predicted molar refractivity (Wildman–Crippen MR) is 73.9 cm³/mol. The third-order valence-corrected chi connectivity index (χ3v) is 3.57. The molecule has 3 N–H and O–H groups in total. The lowest BCUT2D eigenvalue weighted by Crippen LogP contribution is -2.34. The smallest absolute Gasteiger partial charge is 0.251 e. The molecule has 1 heterocycles. The molecule has 1 amide bonds. The topological polar surface area (TPSA) is 77.1 Å². The van der Waals surface area contributed by atoms with Crippen LogP contribution in [0.1, 0.15) is 43.5 Å². The van der Waals surface area contributed by atoms with Crippen LogP contribution in [0.25, 0.3) is 0 Å². The fourth-order valence-corrected chi connectivity index (χ4v) is 2.72. The number of primary amides is 1. The van der Waals surface area contributed by atoms with Gasteiger partial charge < -0.3 is 15.6 Å². The van der Waals surface area contributed by atoms with Gasteiger partial charge in [0.2, 0.25) is 5.91 Å². The molecule has 0 bridgehead atoms. The second-order valence-electron chi connectivity index (χ2n) is 5.03. The first-order valence-corrected chi connectivity index (χ1v) is 6.87. The van der Waals surface area contributed by atoms with Crippen molar-refractivity contribution < 1.29 is 4.79 Å². The predicted octanol–water partition coefficient (Wildman–Crippen LogP) is 0.711. The highest BCUT2D eigenvalue weighted by molar-refractivity contribution is 5.73. The van der Waals surface area contributed by atoms with Gasteiger partial charge >= 0.3 is 0 Å². The molecule has 0 fully saturated rings. The van der Waals surface area contributed by atoms with Crippen LogP contribution in [0, 0.1) is 0 Å². The van der Waals surface area contributed by atoms with E-state index in [0.29, 0.717) is 0 Å². The number of pyridine rings is 1. The Morgan fingerprint density at radius 2 is 2.32 bits per heavy atom. The van der Waals surface area contributed by atoms with E-state index in [2.05, 4.69) is 12.2 Å². The van der Waals surface area contributed by atoms with Crippen molar-refractivity contribution in [2.45, 2.75) is 45.2 Å². The summed E-state index contributed by atoms with van der Waals surface area (Å²) in [5.41, 5.74) is 7.19. The van der Waals surface area contributed by atoms with Gasteiger partial charge in [-0.3, -0.25) is 9.59 Å². The number of nitrogens with two attached hydrogens (primary N) is 1. The van der Waals surface area contributed by atoms with E-state index in [9.17, 15) is 9.59 Å². The van der Waals surface area contributed by atoms with Crippen LogP contribution in [0.2, 0.25) is 0 Å². The van der Waals surface area contributed by atoms with E-state index in [4.69, 9.17) is 5.73 Å². The minimum absolute atomic E-state index is 0.0253. The van der Waals surface area contributed by atoms with Crippen molar-refractivity contribution in [3.8, 4) is 0 Å². The van der Waals surface area contributed by atoms with E-state index < -0.39 is 5.91 Å². The van der Waals surface area contributed by atoms with E-state index in [-0.39, 0.29) is 18.1 Å². The zero-order valence-corrected chi connectivity index (χ0v) is 11.3. The number of rotatable bonds is 5. The van der Waals surface area contributed by atoms with Crippen molar-refractivity contribution in [1.82, 2.24) is 9.88 Å². The molecule has 0 aromatic carbocycles. The molecule has 0 radical (unpaired) electrons. The van der Waals surface area contributed by atoms with E-state index in [1.165, 1.54) is 10.6 Å². The molecule has 1 aromatic rings. The summed E-state index contributed by atoms with van der Waals surface area (Å²) < 4.78 is 1.53. The normalized spacial score (nSPS) is 18.1. The highest BCUT2D eigenvalue weighted by Gasteiger charge is 2.22. The molecule has 0 saturated carbocycles. The summed E-state index contributed by atoms with van der Waals surface area (Å²) in [6.45, 7) is 3.06. The van der Waals surface area contributed by atoms with Crippen LogP contribution >= 0.6 is 0 Å². The van der Waals surface area contributed by atoms with Gasteiger partial charge in [0.1, 0.15) is 6.54 Å². The lowest BCUT2D eigenvalue weighted by molar-refractivity contribution is -0.118. The van der Waals surface area contributed by atoms with Crippen molar-refractivity contribution in [3.63, 3.8) is 0 Å². The van der Waals surface area contributed by atoms with Crippen LogP contribution < -0.4 is 16.6 Å². The van der Waals surface area contributed by atoms with Crippen LogP contribution in [-0.2, 0) is 17.8 Å². The minimum atomic E-state index is -0.473. The number of aromatic nitrogens is 1. The molecule has 1 aliphatic rings. The fraction of sp³-hybridized carbons (Fsp3) is 0.571. The van der Waals surface area contributed by atoms with Gasteiger partial charge in [-0.1, -0.05) is 13.0 Å². The van der Waals surface area contributed by atoms with Crippen LogP contribution in [0.4, 0.5) is 0 Å². The summed E-state index contributed by atoms with van der Waals surface area (Å²) in [5, 5.41) is 3.50. The van der Waals surface area contributed by atoms with Gasteiger partial charge in [0, 0.05) is 17.8 Å². The SMILES string of the molecule is CCCNC1CCCc2c1ccc(=O)n2CC(N)=O. The third kappa shape index (κ3) is 3.04. The number of hydrogen-bond acceptors (Lipinski definition) is 3. The molecular weight excluding hydrogens is 242 g/mol. The Kier molecular flexibility index (Phi) is 4.37. The number of carbonyl (C=O) groups is 1. The summed E-state index contributed by atoms with van der Waals surface area (Å²) in [4.78, 5) is 23.0. The first-order chi connectivity index (χ1) is 9.13. The van der Waals surface area contributed by atoms with Crippen LogP contribution in [0.5, 0.6) is 0 Å². The molecule has 0 saturated heterocycles. The highest BCUT2D eigenvalue weighted by atomic mass is 16.2. The van der Waals surface area contributed by atoms with E-state index in [1.54, 1.807) is 0 Å². The van der Waals surface area contributed by atoms with Crippen molar-refractivity contribution in [2.24, 2.45) is 5.73 Å². The van der Waals surface area contributed by atoms with Gasteiger partial charge in [0.05, 0.1) is 0 Å². The lowest BCUT2D eigenvalue weighted by atomic mass is 9.90. The third-order valence-electron chi connectivity index (χ3n) is 3.57. The van der Waals surface area contributed by atoms with Crippen molar-refractivity contribution in [3.05, 3.63) is 33.7 Å². The quantitative estimate of drug-likeness (QED) is 0.821. The molecule has 1 aliphatic carbocycles. The van der Waals surface area contributed by atoms with Crippen LogP contribution in [0.3, 0.4) is 0 Å². The Balaban J connectivity index is 2.37. The van der Waals surface area contributed by atoms with Crippen molar-refractivity contribution in [1.29, 1.82) is 0 Å². The number of hydrogen-bond donors (Lipinski definition) is 2. The van der Waals surface area contributed by atoms with Gasteiger partial charge in [0.25, 0.3) is 5.56 Å². The van der Waals surface area contributed by atoms with Gasteiger partial charge in [-0.25, -0.2) is 0 Å². The standard InChI is InChI=1S/C14H21N3O2/c1-2-8-16-11-4-3-5-12-10(11)6-7-14(19)17(12)9-13(15)18/h6-7,11,16H,2-5,8-9H2,1H3,(H2,15,18). The Morgan fingerprint density at radius 1 is 1.53 bits per heavy atom. The molecule has 0 aliphatic heterocycles. The minimum Gasteiger partial charge on any atom is -0.368 e. The van der Waals surface area contributed by atoms with E-state index in [0.717, 1.165) is 43.5 Å². The first-order valence-electron chi connectivity index (χ1n) is 6.87. The average molecular weight is 263 g/mol. The number of nitrogens with one attached hydrogen (secondary N) is 1. The average Bonchev–Trinajstić information content (AvgIpc) is 2.39. The number of carbonyl (C=O) groups excluding carboxylic acids is 1. The molecule has 0 spiro atoms. The first kappa shape index (κ1) is 13.8. The molecule has 2 rings (SSSR count). The summed E-state index contributed by atoms with van der Waals surface area (Å²) in [6.07, 6.45) is 4.01. The van der Waals surface area contributed by atoms with Gasteiger partial charge in [0.15, 0.2) is 0 Å². The van der Waals surface area contributed by atoms with Gasteiger partial charge in [-0.15, -0.1) is 0 Å². The van der Waals surface area contributed by atoms with Crippen molar-refractivity contribution in [2.75, 3.05) is 6.54 Å². The van der Waals surface area contributed by atoms with Gasteiger partial charge in [-0.2, -0.15) is 0 Å². The zero-order valence-electron chi connectivity index (χ0n) is 11.3. The lowest BCUT2D eigenvalue weighted by Gasteiger charge is -2.28. The second kappa shape index (κ2) is 6.02. The molecule has 1 unspecified atom stereocenters. The van der Waals surface area contributed by atoms with E-state index >= 15 is 0 Å². The molecule has 1 aromatic heterocycles. The van der Waals surface area contributed by atoms with Gasteiger partial charge in [-0.05, 0) is 37.8 Å². The number of nitrogens with zero attached hydrogens (tertiary/aromatic N) is 1. The maximum absolute atomic E-state index is 11.9. The Bertz CT molecular complexity index is 522. The molecule has 104 valence electrons. The Labute approximate surface area is 112 Å². The van der Waals surface area contributed by atoms with Crippen LogP contribution in [0.15, 0.2) is 16.9 Å². The summed E-state index contributed by atoms with van der Waals surface area (Å²) in [6, 6.07) is 3.71. The zero-order chi connectivity index (χ0) is 13.8. The van der Waals surface area contributed by atoms with E-state index in [1.807, 2.05) is 6.07 Å². The molecule has 1 atom stereocenters. The Hall–Kier alpha value is -1.62. The monoisotopic (exact) mass is 263 g/mol. The molecule has 5 nitrogen and oxygen atoms in total. The molecular formula is C14H21N3O2. The summed E-state index contributed by atoms with van der Waals surface area (Å²) in [7, 11) is 0. The molecule has 19 heavy (non-hydrogen) atoms. The largest absolute Gasteiger partial charge is 0.368 e. The maximum Gasteiger partial charge on any atom is 0.251 e. The highest BCUT2D eigenvalue weighted by Crippen LogP contribution is 2.28. The number of fused-ring (bicyclic) bond motifs is 1. The number of amides is 1. The molecule has 5 heteroatoms. The Morgan fingerprint density at radius 3 is 3.00 bits per heavy atom.